The van der Waals surface area contributed by atoms with Gasteiger partial charge in [-0.15, -0.1) is 0 Å². The van der Waals surface area contributed by atoms with E-state index in [-0.39, 0.29) is 23.5 Å². The zero-order valence-corrected chi connectivity index (χ0v) is 11.1. The Balaban J connectivity index is 3.74. The van der Waals surface area contributed by atoms with Gasteiger partial charge in [-0.3, -0.25) is 4.79 Å². The van der Waals surface area contributed by atoms with E-state index in [0.717, 1.165) is 0 Å². The summed E-state index contributed by atoms with van der Waals surface area (Å²) in [5, 5.41) is 5.70. The van der Waals surface area contributed by atoms with Crippen LogP contribution in [-0.4, -0.2) is 45.0 Å². The Hall–Kier alpha value is -0.620. The summed E-state index contributed by atoms with van der Waals surface area (Å²) in [6.07, 6.45) is 0.379. The van der Waals surface area contributed by atoms with Gasteiger partial charge in [-0.1, -0.05) is 6.92 Å². The van der Waals surface area contributed by atoms with E-state index in [4.69, 9.17) is 0 Å². The highest BCUT2D eigenvalue weighted by atomic mass is 32.2. The van der Waals surface area contributed by atoms with Gasteiger partial charge < -0.3 is 10.6 Å². The lowest BCUT2D eigenvalue weighted by Crippen LogP contribution is -2.36. The zero-order valence-electron chi connectivity index (χ0n) is 10.2. The molecule has 0 rings (SSSR count). The third-order valence-electron chi connectivity index (χ3n) is 2.16. The standard InChI is InChI=1S/C10H22N2O3S/c1-4-11-10(13)6-7-12-9(3)8-16(14,15)5-2/h9,12H,4-8H2,1-3H3,(H,11,13). The Morgan fingerprint density at radius 2 is 1.94 bits per heavy atom. The van der Waals surface area contributed by atoms with Crippen LogP contribution in [0.1, 0.15) is 27.2 Å². The highest BCUT2D eigenvalue weighted by Gasteiger charge is 2.13. The first-order chi connectivity index (χ1) is 7.41. The largest absolute Gasteiger partial charge is 0.356 e. The molecule has 0 aliphatic rings. The molecule has 1 atom stereocenters. The van der Waals surface area contributed by atoms with Crippen molar-refractivity contribution in [3.63, 3.8) is 0 Å². The van der Waals surface area contributed by atoms with Gasteiger partial charge in [0.25, 0.3) is 0 Å². The average molecular weight is 250 g/mol. The lowest BCUT2D eigenvalue weighted by molar-refractivity contribution is -0.120. The topological polar surface area (TPSA) is 75.3 Å². The Morgan fingerprint density at radius 1 is 1.31 bits per heavy atom. The van der Waals surface area contributed by atoms with Crippen LogP contribution in [-0.2, 0) is 14.6 Å². The van der Waals surface area contributed by atoms with E-state index in [1.165, 1.54) is 0 Å². The maximum absolute atomic E-state index is 11.3. The molecule has 0 heterocycles. The highest BCUT2D eigenvalue weighted by Crippen LogP contribution is 1.94. The van der Waals surface area contributed by atoms with Gasteiger partial charge in [0.15, 0.2) is 9.84 Å². The first kappa shape index (κ1) is 15.4. The monoisotopic (exact) mass is 250 g/mol. The zero-order chi connectivity index (χ0) is 12.6. The molecule has 16 heavy (non-hydrogen) atoms. The summed E-state index contributed by atoms with van der Waals surface area (Å²) in [6, 6.07) is -0.112. The molecule has 0 bridgehead atoms. The normalized spacial score (nSPS) is 13.4. The minimum absolute atomic E-state index is 0.0134. The van der Waals surface area contributed by atoms with Gasteiger partial charge in [0.2, 0.25) is 5.91 Å². The summed E-state index contributed by atoms with van der Waals surface area (Å²) in [4.78, 5) is 11.1. The summed E-state index contributed by atoms with van der Waals surface area (Å²) in [7, 11) is -2.94. The first-order valence-electron chi connectivity index (χ1n) is 5.61. The van der Waals surface area contributed by atoms with Crippen LogP contribution in [0.5, 0.6) is 0 Å². The molecule has 96 valence electrons. The van der Waals surface area contributed by atoms with Crippen LogP contribution in [0.25, 0.3) is 0 Å². The van der Waals surface area contributed by atoms with E-state index in [2.05, 4.69) is 10.6 Å². The van der Waals surface area contributed by atoms with Gasteiger partial charge >= 0.3 is 0 Å². The van der Waals surface area contributed by atoms with Crippen molar-refractivity contribution in [3.05, 3.63) is 0 Å². The molecule has 2 N–H and O–H groups in total. The molecule has 0 aliphatic carbocycles. The van der Waals surface area contributed by atoms with Crippen molar-refractivity contribution in [1.29, 1.82) is 0 Å². The molecule has 0 spiro atoms. The maximum atomic E-state index is 11.3. The lowest BCUT2D eigenvalue weighted by atomic mass is 10.3. The molecule has 5 nitrogen and oxygen atoms in total. The number of carbonyl (C=O) groups excluding carboxylic acids is 1. The number of sulfone groups is 1. The number of hydrogen-bond donors (Lipinski definition) is 2. The van der Waals surface area contributed by atoms with Crippen LogP contribution in [0.3, 0.4) is 0 Å². The number of amides is 1. The molecule has 0 aliphatic heterocycles. The molecule has 1 amide bonds. The third-order valence-corrected chi connectivity index (χ3v) is 4.05. The van der Waals surface area contributed by atoms with Gasteiger partial charge in [-0.25, -0.2) is 8.42 Å². The summed E-state index contributed by atoms with van der Waals surface area (Å²) >= 11 is 0. The molecular weight excluding hydrogens is 228 g/mol. The minimum atomic E-state index is -2.94. The Bertz CT molecular complexity index is 301. The Labute approximate surface area is 97.9 Å². The van der Waals surface area contributed by atoms with Gasteiger partial charge in [-0.2, -0.15) is 0 Å². The van der Waals surface area contributed by atoms with Crippen molar-refractivity contribution in [2.45, 2.75) is 33.2 Å². The van der Waals surface area contributed by atoms with E-state index in [1.807, 2.05) is 13.8 Å². The van der Waals surface area contributed by atoms with Gasteiger partial charge in [0.05, 0.1) is 5.75 Å². The van der Waals surface area contributed by atoms with Gasteiger partial charge in [0, 0.05) is 31.3 Å². The summed E-state index contributed by atoms with van der Waals surface area (Å²) in [5.41, 5.74) is 0. The van der Waals surface area contributed by atoms with E-state index < -0.39 is 9.84 Å². The molecule has 6 heteroatoms. The second kappa shape index (κ2) is 7.62. The quantitative estimate of drug-likeness (QED) is 0.632. The van der Waals surface area contributed by atoms with Gasteiger partial charge in [-0.05, 0) is 13.8 Å². The second-order valence-corrected chi connectivity index (χ2v) is 6.16. The highest BCUT2D eigenvalue weighted by molar-refractivity contribution is 7.91. The van der Waals surface area contributed by atoms with Crippen molar-refractivity contribution in [3.8, 4) is 0 Å². The molecule has 0 aromatic rings. The van der Waals surface area contributed by atoms with Crippen LogP contribution in [0.2, 0.25) is 0 Å². The predicted octanol–water partition coefficient (Wildman–Crippen LogP) is -0.0746. The van der Waals surface area contributed by atoms with Crippen LogP contribution < -0.4 is 10.6 Å². The van der Waals surface area contributed by atoms with Crippen molar-refractivity contribution in [2.24, 2.45) is 0 Å². The number of rotatable bonds is 8. The fraction of sp³-hybridized carbons (Fsp3) is 0.900. The van der Waals surface area contributed by atoms with Crippen LogP contribution >= 0.6 is 0 Å². The summed E-state index contributed by atoms with van der Waals surface area (Å²) < 4.78 is 22.6. The average Bonchev–Trinajstić information content (AvgIpc) is 2.17. The molecule has 0 saturated heterocycles. The van der Waals surface area contributed by atoms with Crippen molar-refractivity contribution in [1.82, 2.24) is 10.6 Å². The molecule has 0 fully saturated rings. The second-order valence-electron chi connectivity index (χ2n) is 3.76. The number of hydrogen-bond acceptors (Lipinski definition) is 4. The fourth-order valence-corrected chi connectivity index (χ4v) is 2.39. The van der Waals surface area contributed by atoms with Crippen LogP contribution in [0, 0.1) is 0 Å². The molecule has 0 aromatic heterocycles. The van der Waals surface area contributed by atoms with Crippen LogP contribution in [0.4, 0.5) is 0 Å². The van der Waals surface area contributed by atoms with E-state index in [9.17, 15) is 13.2 Å². The van der Waals surface area contributed by atoms with E-state index >= 15 is 0 Å². The number of carbonyl (C=O) groups is 1. The lowest BCUT2D eigenvalue weighted by Gasteiger charge is -2.13. The smallest absolute Gasteiger partial charge is 0.221 e. The summed E-state index contributed by atoms with van der Waals surface area (Å²) in [5.74, 6) is 0.273. The molecule has 0 radical (unpaired) electrons. The summed E-state index contributed by atoms with van der Waals surface area (Å²) in [6.45, 7) is 6.44. The third kappa shape index (κ3) is 7.64. The molecule has 0 saturated carbocycles. The maximum Gasteiger partial charge on any atom is 0.221 e. The van der Waals surface area contributed by atoms with E-state index in [1.54, 1.807) is 6.92 Å². The first-order valence-corrected chi connectivity index (χ1v) is 7.44. The molecule has 1 unspecified atom stereocenters. The SMILES string of the molecule is CCNC(=O)CCNC(C)CS(=O)(=O)CC. The van der Waals surface area contributed by atoms with Crippen molar-refractivity contribution in [2.75, 3.05) is 24.6 Å². The van der Waals surface area contributed by atoms with Crippen molar-refractivity contribution < 1.29 is 13.2 Å². The van der Waals surface area contributed by atoms with E-state index in [0.29, 0.717) is 19.5 Å². The van der Waals surface area contributed by atoms with Gasteiger partial charge in [0.1, 0.15) is 0 Å². The fourth-order valence-electron chi connectivity index (χ4n) is 1.28. The number of nitrogens with one attached hydrogen (secondary N) is 2. The minimum Gasteiger partial charge on any atom is -0.356 e. The van der Waals surface area contributed by atoms with Crippen LogP contribution in [0.15, 0.2) is 0 Å². The Kier molecular flexibility index (Phi) is 7.33. The molecule has 0 aromatic carbocycles. The van der Waals surface area contributed by atoms with Crippen molar-refractivity contribution >= 4 is 15.7 Å². The predicted molar refractivity (Wildman–Crippen MR) is 65.1 cm³/mol. The Morgan fingerprint density at radius 3 is 2.44 bits per heavy atom. The molecular formula is C10H22N2O3S.